The molecular weight excluding hydrogens is 361 g/mol. The third-order valence-corrected chi connectivity index (χ3v) is 4.46. The van der Waals surface area contributed by atoms with Crippen molar-refractivity contribution >= 4 is 29.1 Å². The number of aromatic nitrogens is 1. The summed E-state index contributed by atoms with van der Waals surface area (Å²) in [5.41, 5.74) is -0.436. The highest BCUT2D eigenvalue weighted by molar-refractivity contribution is 6.30. The third kappa shape index (κ3) is 3.54. The summed E-state index contributed by atoms with van der Waals surface area (Å²) in [7, 11) is 0. The zero-order valence-corrected chi connectivity index (χ0v) is 14.8. The lowest BCUT2D eigenvalue weighted by molar-refractivity contribution is -0.149. The summed E-state index contributed by atoms with van der Waals surface area (Å²) in [6, 6.07) is 7.21. The molecule has 2 amide bonds. The fourth-order valence-corrected chi connectivity index (χ4v) is 3.15. The average molecular weight is 378 g/mol. The van der Waals surface area contributed by atoms with E-state index in [4.69, 9.17) is 11.6 Å². The maximum absolute atomic E-state index is 13.3. The van der Waals surface area contributed by atoms with Crippen LogP contribution in [0.25, 0.3) is 0 Å². The van der Waals surface area contributed by atoms with E-state index in [0.29, 0.717) is 11.3 Å². The van der Waals surface area contributed by atoms with Gasteiger partial charge in [0.1, 0.15) is 5.82 Å². The largest absolute Gasteiger partial charge is 0.372 e. The number of hydrogen-bond donors (Lipinski definition) is 2. The highest BCUT2D eigenvalue weighted by Crippen LogP contribution is 2.28. The van der Waals surface area contributed by atoms with E-state index in [1.807, 2.05) is 0 Å². The second-order valence-corrected chi connectivity index (χ2v) is 6.62. The molecule has 2 heterocycles. The number of aliphatic hydroxyl groups is 1. The van der Waals surface area contributed by atoms with Crippen molar-refractivity contribution in [1.29, 1.82) is 0 Å². The molecule has 3 rings (SSSR count). The van der Waals surface area contributed by atoms with E-state index in [2.05, 4.69) is 10.3 Å². The lowest BCUT2D eigenvalue weighted by atomic mass is 10.0. The first-order valence-electron chi connectivity index (χ1n) is 8.00. The predicted molar refractivity (Wildman–Crippen MR) is 94.2 cm³/mol. The van der Waals surface area contributed by atoms with Crippen LogP contribution in [-0.4, -0.2) is 34.1 Å². The molecule has 0 aliphatic carbocycles. The topological polar surface area (TPSA) is 82.5 Å². The minimum atomic E-state index is -2.16. The summed E-state index contributed by atoms with van der Waals surface area (Å²) in [6.07, 6.45) is 1.52. The van der Waals surface area contributed by atoms with E-state index >= 15 is 0 Å². The number of carbonyl (C=O) groups excluding carboxylic acids is 2. The minimum Gasteiger partial charge on any atom is -0.372 e. The van der Waals surface area contributed by atoms with Gasteiger partial charge in [0.15, 0.2) is 0 Å². The Morgan fingerprint density at radius 3 is 2.88 bits per heavy atom. The standard InChI is InChI=1S/C18H17ClFN3O3/c1-11-6-15(2-4-21-11)23-5-3-18(26,17(23)25)16(24)22-10-12-7-13(19)9-14(20)8-12/h2,4,6-9,26H,3,5,10H2,1H3,(H,22,24). The first-order valence-corrected chi connectivity index (χ1v) is 8.38. The fraction of sp³-hybridized carbons (Fsp3) is 0.278. The van der Waals surface area contributed by atoms with Gasteiger partial charge in [0.2, 0.25) is 5.60 Å². The van der Waals surface area contributed by atoms with Crippen LogP contribution in [0.2, 0.25) is 5.02 Å². The highest BCUT2D eigenvalue weighted by atomic mass is 35.5. The molecule has 8 heteroatoms. The Labute approximate surface area is 154 Å². The Balaban J connectivity index is 1.71. The first kappa shape index (κ1) is 18.3. The van der Waals surface area contributed by atoms with Crippen molar-refractivity contribution in [3.63, 3.8) is 0 Å². The number of benzene rings is 1. The predicted octanol–water partition coefficient (Wildman–Crippen LogP) is 1.97. The van der Waals surface area contributed by atoms with Gasteiger partial charge in [-0.1, -0.05) is 11.6 Å². The number of nitrogens with zero attached hydrogens (tertiary/aromatic N) is 2. The van der Waals surface area contributed by atoms with E-state index in [0.717, 1.165) is 11.8 Å². The quantitative estimate of drug-likeness (QED) is 0.798. The normalized spacial score (nSPS) is 19.7. The minimum absolute atomic E-state index is 0.0387. The van der Waals surface area contributed by atoms with Gasteiger partial charge < -0.3 is 15.3 Å². The van der Waals surface area contributed by atoms with Crippen molar-refractivity contribution in [3.8, 4) is 0 Å². The Morgan fingerprint density at radius 2 is 2.19 bits per heavy atom. The molecule has 0 bridgehead atoms. The monoisotopic (exact) mass is 377 g/mol. The van der Waals surface area contributed by atoms with Gasteiger partial charge in [-0.2, -0.15) is 0 Å². The zero-order chi connectivity index (χ0) is 18.9. The molecule has 1 aromatic heterocycles. The molecule has 136 valence electrons. The Hall–Kier alpha value is -2.51. The molecule has 1 fully saturated rings. The summed E-state index contributed by atoms with van der Waals surface area (Å²) in [5, 5.41) is 13.3. The van der Waals surface area contributed by atoms with Crippen LogP contribution in [0, 0.1) is 12.7 Å². The number of anilines is 1. The summed E-state index contributed by atoms with van der Waals surface area (Å²) in [6.45, 7) is 1.94. The van der Waals surface area contributed by atoms with Crippen molar-refractivity contribution in [2.45, 2.75) is 25.5 Å². The molecule has 0 radical (unpaired) electrons. The Morgan fingerprint density at radius 1 is 1.42 bits per heavy atom. The Kier molecular flexibility index (Phi) is 4.93. The average Bonchev–Trinajstić information content (AvgIpc) is 2.88. The number of carbonyl (C=O) groups is 2. The number of rotatable bonds is 4. The van der Waals surface area contributed by atoms with Gasteiger partial charge in [0.25, 0.3) is 11.8 Å². The number of nitrogens with one attached hydrogen (secondary N) is 1. The molecule has 1 aromatic carbocycles. The molecular formula is C18H17ClFN3O3. The van der Waals surface area contributed by atoms with Gasteiger partial charge in [-0.3, -0.25) is 14.6 Å². The molecule has 2 aromatic rings. The number of aryl methyl sites for hydroxylation is 1. The van der Waals surface area contributed by atoms with Crippen molar-refractivity contribution in [1.82, 2.24) is 10.3 Å². The van der Waals surface area contributed by atoms with E-state index in [1.165, 1.54) is 17.0 Å². The highest BCUT2D eigenvalue weighted by Gasteiger charge is 2.51. The summed E-state index contributed by atoms with van der Waals surface area (Å²) in [5.74, 6) is -2.05. The number of amides is 2. The van der Waals surface area contributed by atoms with Crippen molar-refractivity contribution in [2.75, 3.05) is 11.4 Å². The maximum Gasteiger partial charge on any atom is 0.268 e. The SMILES string of the molecule is Cc1cc(N2CCC(O)(C(=O)NCc3cc(F)cc(Cl)c3)C2=O)ccn1. The van der Waals surface area contributed by atoms with Crippen LogP contribution >= 0.6 is 11.6 Å². The van der Waals surface area contributed by atoms with E-state index in [9.17, 15) is 19.1 Å². The second-order valence-electron chi connectivity index (χ2n) is 6.18. The molecule has 26 heavy (non-hydrogen) atoms. The van der Waals surface area contributed by atoms with Crippen LogP contribution in [0.5, 0.6) is 0 Å². The molecule has 1 unspecified atom stereocenters. The third-order valence-electron chi connectivity index (χ3n) is 4.24. The van der Waals surface area contributed by atoms with Gasteiger partial charge in [0, 0.05) is 42.1 Å². The molecule has 1 saturated heterocycles. The molecule has 1 aliphatic heterocycles. The smallest absolute Gasteiger partial charge is 0.268 e. The fourth-order valence-electron chi connectivity index (χ4n) is 2.90. The van der Waals surface area contributed by atoms with Crippen molar-refractivity contribution in [2.24, 2.45) is 0 Å². The van der Waals surface area contributed by atoms with Crippen LogP contribution in [0.1, 0.15) is 17.7 Å². The van der Waals surface area contributed by atoms with Gasteiger partial charge in [-0.25, -0.2) is 4.39 Å². The summed E-state index contributed by atoms with van der Waals surface area (Å²) in [4.78, 5) is 30.4. The first-order chi connectivity index (χ1) is 12.3. The summed E-state index contributed by atoms with van der Waals surface area (Å²) >= 11 is 5.77. The molecule has 6 nitrogen and oxygen atoms in total. The molecule has 1 aliphatic rings. The number of halogens is 2. The number of hydrogen-bond acceptors (Lipinski definition) is 4. The van der Waals surface area contributed by atoms with Crippen molar-refractivity contribution in [3.05, 3.63) is 58.6 Å². The van der Waals surface area contributed by atoms with Crippen LogP contribution in [0.4, 0.5) is 10.1 Å². The van der Waals surface area contributed by atoms with E-state index in [-0.39, 0.29) is 24.5 Å². The van der Waals surface area contributed by atoms with Crippen molar-refractivity contribution < 1.29 is 19.1 Å². The lowest BCUT2D eigenvalue weighted by Crippen LogP contribution is -2.52. The van der Waals surface area contributed by atoms with Gasteiger partial charge in [-0.15, -0.1) is 0 Å². The molecule has 1 atom stereocenters. The van der Waals surface area contributed by atoms with E-state index < -0.39 is 23.2 Å². The number of pyridine rings is 1. The molecule has 0 spiro atoms. The lowest BCUT2D eigenvalue weighted by Gasteiger charge is -2.22. The van der Waals surface area contributed by atoms with Crippen LogP contribution in [-0.2, 0) is 16.1 Å². The second kappa shape index (κ2) is 7.01. The van der Waals surface area contributed by atoms with Crippen LogP contribution in [0.15, 0.2) is 36.5 Å². The molecule has 0 saturated carbocycles. The van der Waals surface area contributed by atoms with Crippen LogP contribution in [0.3, 0.4) is 0 Å². The van der Waals surface area contributed by atoms with Gasteiger partial charge >= 0.3 is 0 Å². The Bertz CT molecular complexity index is 856. The van der Waals surface area contributed by atoms with Crippen LogP contribution < -0.4 is 10.2 Å². The summed E-state index contributed by atoms with van der Waals surface area (Å²) < 4.78 is 13.3. The van der Waals surface area contributed by atoms with Gasteiger partial charge in [-0.05, 0) is 42.8 Å². The zero-order valence-electron chi connectivity index (χ0n) is 14.0. The molecule has 2 N–H and O–H groups in total. The maximum atomic E-state index is 13.3. The van der Waals surface area contributed by atoms with Gasteiger partial charge in [0.05, 0.1) is 0 Å². The van der Waals surface area contributed by atoms with E-state index in [1.54, 1.807) is 25.3 Å².